The standard InChI is InChI=1S/C15H22BrNO/c1-15(2,3)17-10-12-7-8-18-14(12)11-5-4-6-13(16)9-11/h4-6,9,12,14,17H,7-8,10H2,1-3H3. The van der Waals surface area contributed by atoms with E-state index in [1.54, 1.807) is 0 Å². The van der Waals surface area contributed by atoms with E-state index < -0.39 is 0 Å². The first-order valence-corrected chi connectivity index (χ1v) is 7.37. The van der Waals surface area contributed by atoms with Gasteiger partial charge in [0.2, 0.25) is 0 Å². The van der Waals surface area contributed by atoms with Crippen molar-refractivity contribution < 1.29 is 4.74 Å². The van der Waals surface area contributed by atoms with E-state index in [0.717, 1.165) is 24.0 Å². The van der Waals surface area contributed by atoms with Gasteiger partial charge in [0.1, 0.15) is 0 Å². The topological polar surface area (TPSA) is 21.3 Å². The molecule has 0 radical (unpaired) electrons. The van der Waals surface area contributed by atoms with Crippen LogP contribution in [0.3, 0.4) is 0 Å². The molecule has 0 aromatic heterocycles. The molecule has 1 aliphatic heterocycles. The predicted octanol–water partition coefficient (Wildman–Crippen LogP) is 3.91. The quantitative estimate of drug-likeness (QED) is 0.913. The number of hydrogen-bond donors (Lipinski definition) is 1. The molecule has 2 unspecified atom stereocenters. The van der Waals surface area contributed by atoms with E-state index in [0.29, 0.717) is 5.92 Å². The Bertz CT molecular complexity index is 400. The average molecular weight is 312 g/mol. The van der Waals surface area contributed by atoms with Gasteiger partial charge in [0.05, 0.1) is 6.10 Å². The van der Waals surface area contributed by atoms with Crippen LogP contribution < -0.4 is 5.32 Å². The summed E-state index contributed by atoms with van der Waals surface area (Å²) >= 11 is 3.53. The maximum Gasteiger partial charge on any atom is 0.0866 e. The van der Waals surface area contributed by atoms with Crippen LogP contribution in [0, 0.1) is 5.92 Å². The lowest BCUT2D eigenvalue weighted by molar-refractivity contribution is 0.0889. The van der Waals surface area contributed by atoms with Gasteiger partial charge in [-0.15, -0.1) is 0 Å². The number of benzene rings is 1. The number of nitrogens with one attached hydrogen (secondary N) is 1. The summed E-state index contributed by atoms with van der Waals surface area (Å²) in [6.07, 6.45) is 1.37. The molecular formula is C15H22BrNO. The molecule has 1 N–H and O–H groups in total. The molecule has 1 aromatic carbocycles. The Labute approximate surface area is 118 Å². The van der Waals surface area contributed by atoms with Crippen molar-refractivity contribution in [1.29, 1.82) is 0 Å². The van der Waals surface area contributed by atoms with E-state index in [4.69, 9.17) is 4.74 Å². The van der Waals surface area contributed by atoms with Crippen molar-refractivity contribution >= 4 is 15.9 Å². The van der Waals surface area contributed by atoms with Crippen LogP contribution >= 0.6 is 15.9 Å². The van der Waals surface area contributed by atoms with Crippen LogP contribution in [0.5, 0.6) is 0 Å². The molecule has 0 spiro atoms. The van der Waals surface area contributed by atoms with Gasteiger partial charge in [-0.3, -0.25) is 0 Å². The number of halogens is 1. The molecule has 1 saturated heterocycles. The van der Waals surface area contributed by atoms with E-state index in [9.17, 15) is 0 Å². The lowest BCUT2D eigenvalue weighted by Gasteiger charge is -2.26. The zero-order valence-electron chi connectivity index (χ0n) is 11.4. The molecule has 0 saturated carbocycles. The first-order chi connectivity index (χ1) is 8.46. The predicted molar refractivity (Wildman–Crippen MR) is 78.7 cm³/mol. The van der Waals surface area contributed by atoms with Gasteiger partial charge in [-0.25, -0.2) is 0 Å². The normalized spacial score (nSPS) is 24.4. The second-order valence-electron chi connectivity index (χ2n) is 6.03. The van der Waals surface area contributed by atoms with Crippen LogP contribution in [-0.2, 0) is 4.74 Å². The van der Waals surface area contributed by atoms with E-state index >= 15 is 0 Å². The Hall–Kier alpha value is -0.380. The van der Waals surface area contributed by atoms with Crippen LogP contribution in [0.25, 0.3) is 0 Å². The summed E-state index contributed by atoms with van der Waals surface area (Å²) < 4.78 is 7.03. The molecule has 1 aliphatic rings. The fraction of sp³-hybridized carbons (Fsp3) is 0.600. The van der Waals surface area contributed by atoms with Gasteiger partial charge in [0.15, 0.2) is 0 Å². The molecule has 2 atom stereocenters. The minimum Gasteiger partial charge on any atom is -0.373 e. The van der Waals surface area contributed by atoms with Crippen molar-refractivity contribution in [2.24, 2.45) is 5.92 Å². The minimum atomic E-state index is 0.171. The molecule has 3 heteroatoms. The highest BCUT2D eigenvalue weighted by atomic mass is 79.9. The summed E-state index contributed by atoms with van der Waals surface area (Å²) in [6.45, 7) is 8.50. The first kappa shape index (κ1) is 14.0. The lowest BCUT2D eigenvalue weighted by atomic mass is 9.94. The Morgan fingerprint density at radius 1 is 1.39 bits per heavy atom. The molecule has 1 aromatic rings. The average Bonchev–Trinajstić information content (AvgIpc) is 2.73. The second-order valence-corrected chi connectivity index (χ2v) is 6.94. The van der Waals surface area contributed by atoms with Gasteiger partial charge < -0.3 is 10.1 Å². The molecule has 0 aliphatic carbocycles. The molecule has 0 bridgehead atoms. The Morgan fingerprint density at radius 3 is 2.83 bits per heavy atom. The van der Waals surface area contributed by atoms with Crippen molar-refractivity contribution in [3.05, 3.63) is 34.3 Å². The molecule has 100 valence electrons. The summed E-state index contributed by atoms with van der Waals surface area (Å²) in [4.78, 5) is 0. The summed E-state index contributed by atoms with van der Waals surface area (Å²) in [5, 5.41) is 3.59. The Morgan fingerprint density at radius 2 is 2.17 bits per heavy atom. The van der Waals surface area contributed by atoms with Gasteiger partial charge in [-0.1, -0.05) is 28.1 Å². The summed E-state index contributed by atoms with van der Waals surface area (Å²) in [5.74, 6) is 0.568. The van der Waals surface area contributed by atoms with Crippen molar-refractivity contribution in [3.8, 4) is 0 Å². The first-order valence-electron chi connectivity index (χ1n) is 6.58. The number of ether oxygens (including phenoxy) is 1. The third-order valence-electron chi connectivity index (χ3n) is 3.29. The molecule has 18 heavy (non-hydrogen) atoms. The van der Waals surface area contributed by atoms with Gasteiger partial charge in [0.25, 0.3) is 0 Å². The van der Waals surface area contributed by atoms with E-state index in [1.807, 2.05) is 0 Å². The Balaban J connectivity index is 2.03. The van der Waals surface area contributed by atoms with E-state index in [1.165, 1.54) is 5.56 Å². The van der Waals surface area contributed by atoms with Gasteiger partial charge >= 0.3 is 0 Å². The van der Waals surface area contributed by atoms with E-state index in [2.05, 4.69) is 66.3 Å². The molecule has 2 nitrogen and oxygen atoms in total. The smallest absolute Gasteiger partial charge is 0.0866 e. The largest absolute Gasteiger partial charge is 0.373 e. The SMILES string of the molecule is CC(C)(C)NCC1CCOC1c1cccc(Br)c1. The summed E-state index contributed by atoms with van der Waals surface area (Å²) in [7, 11) is 0. The van der Waals surface area contributed by atoms with Crippen LogP contribution in [-0.4, -0.2) is 18.7 Å². The van der Waals surface area contributed by atoms with Gasteiger partial charge in [0, 0.05) is 29.1 Å². The molecule has 0 amide bonds. The van der Waals surface area contributed by atoms with Crippen molar-refractivity contribution in [2.45, 2.75) is 38.8 Å². The monoisotopic (exact) mass is 311 g/mol. The van der Waals surface area contributed by atoms with Crippen LogP contribution in [0.1, 0.15) is 38.9 Å². The van der Waals surface area contributed by atoms with Crippen LogP contribution in [0.2, 0.25) is 0 Å². The zero-order valence-corrected chi connectivity index (χ0v) is 13.0. The molecule has 1 heterocycles. The number of rotatable bonds is 3. The maximum atomic E-state index is 5.91. The number of hydrogen-bond acceptors (Lipinski definition) is 2. The van der Waals surface area contributed by atoms with Crippen molar-refractivity contribution in [2.75, 3.05) is 13.2 Å². The maximum absolute atomic E-state index is 5.91. The fourth-order valence-corrected chi connectivity index (χ4v) is 2.75. The Kier molecular flexibility index (Phi) is 4.46. The van der Waals surface area contributed by atoms with Gasteiger partial charge in [-0.05, 0) is 44.9 Å². The minimum absolute atomic E-state index is 0.171. The van der Waals surface area contributed by atoms with Crippen LogP contribution in [0.4, 0.5) is 0 Å². The van der Waals surface area contributed by atoms with Crippen molar-refractivity contribution in [3.63, 3.8) is 0 Å². The highest BCUT2D eigenvalue weighted by Gasteiger charge is 2.30. The highest BCUT2D eigenvalue weighted by molar-refractivity contribution is 9.10. The van der Waals surface area contributed by atoms with Crippen LogP contribution in [0.15, 0.2) is 28.7 Å². The summed E-state index contributed by atoms with van der Waals surface area (Å²) in [5.41, 5.74) is 1.45. The third kappa shape index (κ3) is 3.81. The highest BCUT2D eigenvalue weighted by Crippen LogP contribution is 2.35. The third-order valence-corrected chi connectivity index (χ3v) is 3.78. The van der Waals surface area contributed by atoms with E-state index in [-0.39, 0.29) is 11.6 Å². The second kappa shape index (κ2) is 5.72. The summed E-state index contributed by atoms with van der Waals surface area (Å²) in [6, 6.07) is 8.46. The zero-order chi connectivity index (χ0) is 13.2. The molecular weight excluding hydrogens is 290 g/mol. The lowest BCUT2D eigenvalue weighted by Crippen LogP contribution is -2.39. The molecule has 1 fully saturated rings. The fourth-order valence-electron chi connectivity index (χ4n) is 2.33. The molecule has 2 rings (SSSR count). The van der Waals surface area contributed by atoms with Gasteiger partial charge in [-0.2, -0.15) is 0 Å². The van der Waals surface area contributed by atoms with Crippen molar-refractivity contribution in [1.82, 2.24) is 5.32 Å².